The lowest BCUT2D eigenvalue weighted by Gasteiger charge is -2.37. The van der Waals surface area contributed by atoms with Gasteiger partial charge in [-0.15, -0.1) is 0 Å². The number of ether oxygens (including phenoxy) is 2. The molecule has 3 nitrogen and oxygen atoms in total. The Morgan fingerprint density at radius 2 is 2.06 bits per heavy atom. The number of rotatable bonds is 5. The Balaban J connectivity index is 1.69. The van der Waals surface area contributed by atoms with Crippen molar-refractivity contribution in [2.45, 2.75) is 19.8 Å². The Kier molecular flexibility index (Phi) is 4.40. The summed E-state index contributed by atoms with van der Waals surface area (Å²) >= 11 is 3.38. The third kappa shape index (κ3) is 3.82. The van der Waals surface area contributed by atoms with Crippen LogP contribution < -0.4 is 0 Å². The van der Waals surface area contributed by atoms with E-state index in [1.807, 2.05) is 24.3 Å². The molecular weight excluding hydrogens is 296 g/mol. The summed E-state index contributed by atoms with van der Waals surface area (Å²) in [6.45, 7) is 3.91. The fourth-order valence-corrected chi connectivity index (χ4v) is 2.02. The van der Waals surface area contributed by atoms with Crippen molar-refractivity contribution in [3.8, 4) is 0 Å². The second kappa shape index (κ2) is 5.85. The summed E-state index contributed by atoms with van der Waals surface area (Å²) in [6, 6.07) is 7.98. The van der Waals surface area contributed by atoms with Crippen LogP contribution in [0.15, 0.2) is 28.7 Å². The molecule has 1 saturated heterocycles. The van der Waals surface area contributed by atoms with E-state index in [9.17, 15) is 4.79 Å². The summed E-state index contributed by atoms with van der Waals surface area (Å²) < 4.78 is 11.4. The van der Waals surface area contributed by atoms with Crippen molar-refractivity contribution in [3.05, 3.63) is 34.3 Å². The average Bonchev–Trinajstić information content (AvgIpc) is 2.33. The third-order valence-corrected chi connectivity index (χ3v) is 3.54. The van der Waals surface area contributed by atoms with Crippen LogP contribution in [0.1, 0.15) is 18.9 Å². The molecule has 1 aliphatic rings. The van der Waals surface area contributed by atoms with E-state index in [0.717, 1.165) is 16.5 Å². The number of hydrogen-bond donors (Lipinski definition) is 0. The predicted molar refractivity (Wildman–Crippen MR) is 72.3 cm³/mol. The second-order valence-corrected chi connectivity index (χ2v) is 6.01. The van der Waals surface area contributed by atoms with Crippen LogP contribution in [0.5, 0.6) is 0 Å². The van der Waals surface area contributed by atoms with Gasteiger partial charge in [-0.25, -0.2) is 0 Å². The molecule has 0 aliphatic carbocycles. The van der Waals surface area contributed by atoms with E-state index in [-0.39, 0.29) is 11.4 Å². The van der Waals surface area contributed by atoms with Crippen LogP contribution in [-0.2, 0) is 20.7 Å². The molecule has 2 rings (SSSR count). The van der Waals surface area contributed by atoms with E-state index in [0.29, 0.717) is 26.2 Å². The van der Waals surface area contributed by atoms with E-state index < -0.39 is 0 Å². The highest BCUT2D eigenvalue weighted by molar-refractivity contribution is 9.10. The smallest absolute Gasteiger partial charge is 0.306 e. The molecule has 18 heavy (non-hydrogen) atoms. The van der Waals surface area contributed by atoms with E-state index in [1.54, 1.807) is 0 Å². The molecule has 1 aromatic rings. The number of aryl methyl sites for hydroxylation is 1. The van der Waals surface area contributed by atoms with Crippen LogP contribution in [0.2, 0.25) is 0 Å². The number of hydrogen-bond acceptors (Lipinski definition) is 3. The summed E-state index contributed by atoms with van der Waals surface area (Å²) in [5.74, 6) is -0.133. The zero-order chi connectivity index (χ0) is 13.0. The van der Waals surface area contributed by atoms with E-state index in [2.05, 4.69) is 22.9 Å². The molecule has 0 saturated carbocycles. The summed E-state index contributed by atoms with van der Waals surface area (Å²) in [4.78, 5) is 11.6. The molecule has 4 heteroatoms. The van der Waals surface area contributed by atoms with E-state index in [1.165, 1.54) is 0 Å². The molecule has 0 radical (unpaired) electrons. The summed E-state index contributed by atoms with van der Waals surface area (Å²) in [5.41, 5.74) is 1.18. The number of esters is 1. The minimum absolute atomic E-state index is 0.0350. The average molecular weight is 313 g/mol. The van der Waals surface area contributed by atoms with Crippen molar-refractivity contribution < 1.29 is 14.3 Å². The molecule has 0 unspecified atom stereocenters. The third-order valence-electron chi connectivity index (χ3n) is 3.01. The maximum absolute atomic E-state index is 11.6. The first-order valence-electron chi connectivity index (χ1n) is 6.05. The van der Waals surface area contributed by atoms with Gasteiger partial charge < -0.3 is 9.47 Å². The molecule has 1 aliphatic heterocycles. The number of halogens is 1. The molecule has 1 aromatic carbocycles. The lowest BCUT2D eigenvalue weighted by molar-refractivity contribution is -0.165. The number of benzene rings is 1. The lowest BCUT2D eigenvalue weighted by Crippen LogP contribution is -2.44. The molecule has 98 valence electrons. The zero-order valence-corrected chi connectivity index (χ0v) is 12.0. The normalized spacial score (nSPS) is 17.0. The van der Waals surface area contributed by atoms with Gasteiger partial charge >= 0.3 is 5.97 Å². The van der Waals surface area contributed by atoms with Crippen molar-refractivity contribution in [2.75, 3.05) is 19.8 Å². The van der Waals surface area contributed by atoms with Gasteiger partial charge in [0.1, 0.15) is 6.61 Å². The first-order chi connectivity index (χ1) is 8.57. The van der Waals surface area contributed by atoms with Gasteiger partial charge in [-0.1, -0.05) is 35.0 Å². The zero-order valence-electron chi connectivity index (χ0n) is 10.4. The van der Waals surface area contributed by atoms with Gasteiger partial charge in [0.15, 0.2) is 0 Å². The van der Waals surface area contributed by atoms with Gasteiger partial charge in [0.2, 0.25) is 0 Å². The molecule has 0 amide bonds. The molecule has 0 bridgehead atoms. The largest absolute Gasteiger partial charge is 0.465 e. The molecule has 1 fully saturated rings. The standard InChI is InChI=1S/C14H17BrO3/c1-14(8-17-9-14)10-18-13(16)7-4-11-2-5-12(15)6-3-11/h2-3,5-6H,4,7-10H2,1H3. The summed E-state index contributed by atoms with van der Waals surface area (Å²) in [6.07, 6.45) is 1.15. The topological polar surface area (TPSA) is 35.5 Å². The first kappa shape index (κ1) is 13.6. The second-order valence-electron chi connectivity index (χ2n) is 5.09. The minimum atomic E-state index is -0.133. The predicted octanol–water partition coefficient (Wildman–Crippen LogP) is 2.96. The molecule has 0 N–H and O–H groups in total. The van der Waals surface area contributed by atoms with Crippen LogP contribution >= 0.6 is 15.9 Å². The monoisotopic (exact) mass is 312 g/mol. The maximum Gasteiger partial charge on any atom is 0.306 e. The van der Waals surface area contributed by atoms with Crippen molar-refractivity contribution >= 4 is 21.9 Å². The summed E-state index contributed by atoms with van der Waals surface area (Å²) in [5, 5.41) is 0. The highest BCUT2D eigenvalue weighted by atomic mass is 79.9. The summed E-state index contributed by atoms with van der Waals surface area (Å²) in [7, 11) is 0. The van der Waals surface area contributed by atoms with Gasteiger partial charge in [0.05, 0.1) is 13.2 Å². The Labute approximate surface area is 116 Å². The molecular formula is C14H17BrO3. The Morgan fingerprint density at radius 3 is 2.61 bits per heavy atom. The van der Waals surface area contributed by atoms with Crippen molar-refractivity contribution in [2.24, 2.45) is 5.41 Å². The van der Waals surface area contributed by atoms with Crippen molar-refractivity contribution in [3.63, 3.8) is 0 Å². The Morgan fingerprint density at radius 1 is 1.39 bits per heavy atom. The van der Waals surface area contributed by atoms with Crippen LogP contribution in [0.25, 0.3) is 0 Å². The Hall–Kier alpha value is -0.870. The number of carbonyl (C=O) groups is 1. The van der Waals surface area contributed by atoms with Crippen LogP contribution in [0.3, 0.4) is 0 Å². The van der Waals surface area contributed by atoms with Crippen LogP contribution in [0.4, 0.5) is 0 Å². The van der Waals surface area contributed by atoms with Crippen LogP contribution in [-0.4, -0.2) is 25.8 Å². The lowest BCUT2D eigenvalue weighted by atomic mass is 9.90. The molecule has 0 aromatic heterocycles. The van der Waals surface area contributed by atoms with Gasteiger partial charge in [-0.2, -0.15) is 0 Å². The minimum Gasteiger partial charge on any atom is -0.465 e. The fourth-order valence-electron chi connectivity index (χ4n) is 1.76. The van der Waals surface area contributed by atoms with E-state index in [4.69, 9.17) is 9.47 Å². The van der Waals surface area contributed by atoms with Gasteiger partial charge in [0.25, 0.3) is 0 Å². The molecule has 1 heterocycles. The fraction of sp³-hybridized carbons (Fsp3) is 0.500. The number of carbonyl (C=O) groups excluding carboxylic acids is 1. The van der Waals surface area contributed by atoms with Gasteiger partial charge in [-0.3, -0.25) is 4.79 Å². The SMILES string of the molecule is CC1(COC(=O)CCc2ccc(Br)cc2)COC1. The van der Waals surface area contributed by atoms with Crippen LogP contribution in [0, 0.1) is 5.41 Å². The first-order valence-corrected chi connectivity index (χ1v) is 6.85. The maximum atomic E-state index is 11.6. The highest BCUT2D eigenvalue weighted by Crippen LogP contribution is 2.26. The molecule has 0 spiro atoms. The van der Waals surface area contributed by atoms with E-state index >= 15 is 0 Å². The highest BCUT2D eigenvalue weighted by Gasteiger charge is 2.34. The molecule has 0 atom stereocenters. The van der Waals surface area contributed by atoms with Crippen molar-refractivity contribution in [1.29, 1.82) is 0 Å². The quantitative estimate of drug-likeness (QED) is 0.784. The van der Waals surface area contributed by atoms with Gasteiger partial charge in [0, 0.05) is 16.3 Å². The van der Waals surface area contributed by atoms with Gasteiger partial charge in [-0.05, 0) is 24.1 Å². The Bertz CT molecular complexity index is 410. The van der Waals surface area contributed by atoms with Crippen molar-refractivity contribution in [1.82, 2.24) is 0 Å².